The Labute approximate surface area is 133 Å². The number of para-hydroxylation sites is 1. The number of urea groups is 1. The lowest BCUT2D eigenvalue weighted by atomic mass is 10.0. The van der Waals surface area contributed by atoms with Gasteiger partial charge in [0.05, 0.1) is 6.54 Å². The summed E-state index contributed by atoms with van der Waals surface area (Å²) < 4.78 is 5.79. The molecule has 0 bridgehead atoms. The highest BCUT2D eigenvalue weighted by Crippen LogP contribution is 2.19. The summed E-state index contributed by atoms with van der Waals surface area (Å²) in [5.41, 5.74) is 1.20. The summed E-state index contributed by atoms with van der Waals surface area (Å²) in [7, 11) is 0. The highest BCUT2D eigenvalue weighted by Gasteiger charge is 2.24. The predicted molar refractivity (Wildman–Crippen MR) is 89.3 cm³/mol. The van der Waals surface area contributed by atoms with Crippen molar-refractivity contribution in [2.45, 2.75) is 52.0 Å². The lowest BCUT2D eigenvalue weighted by Gasteiger charge is -2.35. The maximum Gasteiger partial charge on any atom is 0.317 e. The van der Waals surface area contributed by atoms with Gasteiger partial charge in [-0.3, -0.25) is 0 Å². The fraction of sp³-hybridized carbons (Fsp3) is 0.611. The second kappa shape index (κ2) is 8.66. The van der Waals surface area contributed by atoms with E-state index < -0.39 is 0 Å². The summed E-state index contributed by atoms with van der Waals surface area (Å²) >= 11 is 0. The number of amides is 2. The molecule has 1 saturated heterocycles. The lowest BCUT2D eigenvalue weighted by molar-refractivity contribution is 0.147. The molecule has 22 heavy (non-hydrogen) atoms. The van der Waals surface area contributed by atoms with Crippen molar-refractivity contribution >= 4 is 6.03 Å². The molecule has 1 aliphatic rings. The van der Waals surface area contributed by atoms with E-state index in [0.717, 1.165) is 38.0 Å². The molecule has 0 radical (unpaired) electrons. The van der Waals surface area contributed by atoms with Gasteiger partial charge in [-0.15, -0.1) is 0 Å². The molecule has 0 spiro atoms. The molecule has 1 aromatic rings. The number of piperidine rings is 1. The van der Waals surface area contributed by atoms with Gasteiger partial charge in [0, 0.05) is 12.6 Å². The average molecular weight is 304 g/mol. The van der Waals surface area contributed by atoms with Crippen molar-refractivity contribution in [2.75, 3.05) is 19.7 Å². The second-order valence-electron chi connectivity index (χ2n) is 5.79. The first-order chi connectivity index (χ1) is 10.8. The van der Waals surface area contributed by atoms with E-state index >= 15 is 0 Å². The van der Waals surface area contributed by atoms with Crippen LogP contribution < -0.4 is 10.1 Å². The fourth-order valence-electron chi connectivity index (χ4n) is 3.05. The van der Waals surface area contributed by atoms with E-state index in [1.165, 1.54) is 12.0 Å². The third-order valence-electron chi connectivity index (χ3n) is 4.35. The first-order valence-corrected chi connectivity index (χ1v) is 8.51. The number of aryl methyl sites for hydroxylation is 1. The molecule has 0 aromatic heterocycles. The summed E-state index contributed by atoms with van der Waals surface area (Å²) in [5, 5.41) is 2.99. The van der Waals surface area contributed by atoms with Crippen LogP contribution >= 0.6 is 0 Å². The molecule has 1 aromatic carbocycles. The van der Waals surface area contributed by atoms with Gasteiger partial charge in [-0.1, -0.05) is 32.0 Å². The summed E-state index contributed by atoms with van der Waals surface area (Å²) in [4.78, 5) is 14.3. The number of carbonyl (C=O) groups is 1. The SMILES string of the molecule is CCc1ccccc1OCCNC(=O)N1CCCCC1CC. The third kappa shape index (κ3) is 4.39. The highest BCUT2D eigenvalue weighted by molar-refractivity contribution is 5.74. The van der Waals surface area contributed by atoms with Gasteiger partial charge in [0.2, 0.25) is 0 Å². The Morgan fingerprint density at radius 1 is 1.32 bits per heavy atom. The van der Waals surface area contributed by atoms with Gasteiger partial charge in [0.1, 0.15) is 12.4 Å². The Morgan fingerprint density at radius 2 is 2.14 bits per heavy atom. The number of hydrogen-bond donors (Lipinski definition) is 1. The van der Waals surface area contributed by atoms with Crippen LogP contribution in [-0.2, 0) is 6.42 Å². The lowest BCUT2D eigenvalue weighted by Crippen LogP contribution is -2.49. The van der Waals surface area contributed by atoms with E-state index in [0.29, 0.717) is 19.2 Å². The molecular weight excluding hydrogens is 276 g/mol. The number of likely N-dealkylation sites (tertiary alicyclic amines) is 1. The van der Waals surface area contributed by atoms with E-state index in [1.807, 2.05) is 23.1 Å². The number of benzene rings is 1. The second-order valence-corrected chi connectivity index (χ2v) is 5.79. The Morgan fingerprint density at radius 3 is 2.91 bits per heavy atom. The van der Waals surface area contributed by atoms with Gasteiger partial charge in [-0.05, 0) is 43.7 Å². The van der Waals surface area contributed by atoms with Crippen molar-refractivity contribution in [1.82, 2.24) is 10.2 Å². The van der Waals surface area contributed by atoms with Crippen LogP contribution in [0.2, 0.25) is 0 Å². The molecule has 2 amide bonds. The van der Waals surface area contributed by atoms with Crippen LogP contribution in [0.5, 0.6) is 5.75 Å². The molecule has 0 aliphatic carbocycles. The number of ether oxygens (including phenoxy) is 1. The van der Waals surface area contributed by atoms with E-state index in [-0.39, 0.29) is 6.03 Å². The smallest absolute Gasteiger partial charge is 0.317 e. The molecule has 1 heterocycles. The molecular formula is C18H28N2O2. The molecule has 0 saturated carbocycles. The molecule has 122 valence electrons. The van der Waals surface area contributed by atoms with Crippen LogP contribution in [0, 0.1) is 0 Å². The van der Waals surface area contributed by atoms with Gasteiger partial charge in [-0.25, -0.2) is 4.79 Å². The van der Waals surface area contributed by atoms with Gasteiger partial charge in [0.15, 0.2) is 0 Å². The normalized spacial score (nSPS) is 18.1. The van der Waals surface area contributed by atoms with E-state index in [1.54, 1.807) is 0 Å². The van der Waals surface area contributed by atoms with Crippen molar-refractivity contribution in [3.05, 3.63) is 29.8 Å². The Balaban J connectivity index is 1.75. The Kier molecular flexibility index (Phi) is 6.56. The molecule has 1 unspecified atom stereocenters. The molecule has 1 aliphatic heterocycles. The maximum absolute atomic E-state index is 12.3. The zero-order valence-electron chi connectivity index (χ0n) is 13.8. The highest BCUT2D eigenvalue weighted by atomic mass is 16.5. The Bertz CT molecular complexity index is 476. The van der Waals surface area contributed by atoms with Gasteiger partial charge in [-0.2, -0.15) is 0 Å². The van der Waals surface area contributed by atoms with E-state index in [4.69, 9.17) is 4.74 Å². The zero-order valence-corrected chi connectivity index (χ0v) is 13.8. The topological polar surface area (TPSA) is 41.6 Å². The number of nitrogens with zero attached hydrogens (tertiary/aromatic N) is 1. The maximum atomic E-state index is 12.3. The van der Waals surface area contributed by atoms with Crippen LogP contribution in [0.1, 0.15) is 45.1 Å². The predicted octanol–water partition coefficient (Wildman–Crippen LogP) is 3.60. The van der Waals surface area contributed by atoms with Crippen LogP contribution in [0.3, 0.4) is 0 Å². The standard InChI is InChI=1S/C18H28N2O2/c1-3-15-9-5-6-11-17(15)22-14-12-19-18(21)20-13-8-7-10-16(20)4-2/h5-6,9,11,16H,3-4,7-8,10,12-14H2,1-2H3,(H,19,21). The van der Waals surface area contributed by atoms with Crippen molar-refractivity contribution in [3.63, 3.8) is 0 Å². The monoisotopic (exact) mass is 304 g/mol. The largest absolute Gasteiger partial charge is 0.491 e. The van der Waals surface area contributed by atoms with Gasteiger partial charge < -0.3 is 15.0 Å². The van der Waals surface area contributed by atoms with Gasteiger partial charge >= 0.3 is 6.03 Å². The summed E-state index contributed by atoms with van der Waals surface area (Å²) in [5.74, 6) is 0.920. The minimum Gasteiger partial charge on any atom is -0.491 e. The Hall–Kier alpha value is -1.71. The van der Waals surface area contributed by atoms with Crippen LogP contribution in [-0.4, -0.2) is 36.7 Å². The van der Waals surface area contributed by atoms with E-state index in [2.05, 4.69) is 25.2 Å². The molecule has 4 heteroatoms. The van der Waals surface area contributed by atoms with Crippen LogP contribution in [0.15, 0.2) is 24.3 Å². The quantitative estimate of drug-likeness (QED) is 0.816. The number of nitrogens with one attached hydrogen (secondary N) is 1. The fourth-order valence-corrected chi connectivity index (χ4v) is 3.05. The molecule has 1 fully saturated rings. The van der Waals surface area contributed by atoms with E-state index in [9.17, 15) is 4.79 Å². The summed E-state index contributed by atoms with van der Waals surface area (Å²) in [6.45, 7) is 6.20. The first-order valence-electron chi connectivity index (χ1n) is 8.51. The number of rotatable bonds is 6. The molecule has 2 rings (SSSR count). The summed E-state index contributed by atoms with van der Waals surface area (Å²) in [6.07, 6.45) is 5.47. The third-order valence-corrected chi connectivity index (χ3v) is 4.35. The van der Waals surface area contributed by atoms with Crippen LogP contribution in [0.25, 0.3) is 0 Å². The number of carbonyl (C=O) groups excluding carboxylic acids is 1. The molecule has 1 N–H and O–H groups in total. The molecule has 4 nitrogen and oxygen atoms in total. The average Bonchev–Trinajstić information content (AvgIpc) is 2.58. The molecule has 1 atom stereocenters. The van der Waals surface area contributed by atoms with Crippen LogP contribution in [0.4, 0.5) is 4.79 Å². The van der Waals surface area contributed by atoms with Crippen molar-refractivity contribution < 1.29 is 9.53 Å². The minimum atomic E-state index is 0.0546. The van der Waals surface area contributed by atoms with Gasteiger partial charge in [0.25, 0.3) is 0 Å². The zero-order chi connectivity index (χ0) is 15.8. The minimum absolute atomic E-state index is 0.0546. The van der Waals surface area contributed by atoms with Crippen molar-refractivity contribution in [1.29, 1.82) is 0 Å². The van der Waals surface area contributed by atoms with Crippen molar-refractivity contribution in [3.8, 4) is 5.75 Å². The first kappa shape index (κ1) is 16.7. The van der Waals surface area contributed by atoms with Crippen molar-refractivity contribution in [2.24, 2.45) is 0 Å². The summed E-state index contributed by atoms with van der Waals surface area (Å²) in [6, 6.07) is 8.52. The number of hydrogen-bond acceptors (Lipinski definition) is 2.